The lowest BCUT2D eigenvalue weighted by molar-refractivity contribution is 0.216. The normalized spacial score (nSPS) is 17.4. The summed E-state index contributed by atoms with van der Waals surface area (Å²) < 4.78 is 1.91. The molecule has 3 heterocycles. The van der Waals surface area contributed by atoms with E-state index in [1.165, 1.54) is 32.4 Å². The zero-order valence-corrected chi connectivity index (χ0v) is 15.2. The highest BCUT2D eigenvalue weighted by molar-refractivity contribution is 7.19. The number of rotatable bonds is 4. The summed E-state index contributed by atoms with van der Waals surface area (Å²) in [5.41, 5.74) is 1.06. The highest BCUT2D eigenvalue weighted by Gasteiger charge is 2.21. The minimum Gasteiger partial charge on any atom is -0.303 e. The fourth-order valence-electron chi connectivity index (χ4n) is 3.26. The molecule has 3 aromatic rings. The Labute approximate surface area is 150 Å². The highest BCUT2D eigenvalue weighted by Crippen LogP contribution is 2.28. The monoisotopic (exact) mass is 361 g/mol. The molecule has 0 bridgehead atoms. The van der Waals surface area contributed by atoms with Crippen LogP contribution in [-0.4, -0.2) is 44.3 Å². The first-order valence-electron chi connectivity index (χ1n) is 8.41. The Morgan fingerprint density at radius 3 is 2.62 bits per heavy atom. The van der Waals surface area contributed by atoms with E-state index in [9.17, 15) is 0 Å². The summed E-state index contributed by atoms with van der Waals surface area (Å²) in [6.07, 6.45) is 3.97. The molecule has 4 rings (SSSR count). The molecule has 0 aliphatic carbocycles. The maximum absolute atomic E-state index is 5.97. The van der Waals surface area contributed by atoms with E-state index in [1.807, 2.05) is 28.8 Å². The number of piperidine rings is 1. The third kappa shape index (κ3) is 3.18. The second-order valence-corrected chi connectivity index (χ2v) is 7.82. The molecule has 0 spiro atoms. The fraction of sp³-hybridized carbons (Fsp3) is 0.471. The van der Waals surface area contributed by atoms with E-state index in [-0.39, 0.29) is 0 Å². The lowest BCUT2D eigenvalue weighted by atomic mass is 10.1. The summed E-state index contributed by atoms with van der Waals surface area (Å²) in [5, 5.41) is 15.1. The predicted molar refractivity (Wildman–Crippen MR) is 97.8 cm³/mol. The van der Waals surface area contributed by atoms with Gasteiger partial charge in [-0.05, 0) is 38.1 Å². The molecule has 5 nitrogen and oxygen atoms in total. The van der Waals surface area contributed by atoms with Gasteiger partial charge in [0, 0.05) is 23.0 Å². The Morgan fingerprint density at radius 1 is 1.12 bits per heavy atom. The zero-order valence-electron chi connectivity index (χ0n) is 13.7. The highest BCUT2D eigenvalue weighted by atomic mass is 35.5. The molecule has 0 radical (unpaired) electrons. The van der Waals surface area contributed by atoms with E-state index in [0.29, 0.717) is 5.92 Å². The number of hydrogen-bond acceptors (Lipinski definition) is 5. The number of fused-ring (bicyclic) bond motifs is 1. The SMILES string of the molecule is CC(CN1CCCCC1)c1nnc2sc(-c3ccc(Cl)cc3)nn12. The van der Waals surface area contributed by atoms with E-state index in [0.717, 1.165) is 32.9 Å². The third-order valence-electron chi connectivity index (χ3n) is 4.53. The van der Waals surface area contributed by atoms with E-state index >= 15 is 0 Å². The largest absolute Gasteiger partial charge is 0.303 e. The van der Waals surface area contributed by atoms with Crippen molar-refractivity contribution in [3.63, 3.8) is 0 Å². The molecule has 1 unspecified atom stereocenters. The lowest BCUT2D eigenvalue weighted by Crippen LogP contribution is -2.33. The summed E-state index contributed by atoms with van der Waals surface area (Å²) in [6, 6.07) is 7.76. The Balaban J connectivity index is 1.58. The van der Waals surface area contributed by atoms with Crippen LogP contribution in [-0.2, 0) is 0 Å². The maximum Gasteiger partial charge on any atom is 0.234 e. The third-order valence-corrected chi connectivity index (χ3v) is 5.73. The van der Waals surface area contributed by atoms with Crippen LogP contribution in [0.2, 0.25) is 5.02 Å². The van der Waals surface area contributed by atoms with E-state index in [2.05, 4.69) is 22.0 Å². The summed E-state index contributed by atoms with van der Waals surface area (Å²) >= 11 is 7.53. The lowest BCUT2D eigenvalue weighted by Gasteiger charge is -2.28. The predicted octanol–water partition coefficient (Wildman–Crippen LogP) is 4.10. The molecule has 7 heteroatoms. The van der Waals surface area contributed by atoms with Crippen LogP contribution in [0.5, 0.6) is 0 Å². The van der Waals surface area contributed by atoms with Crippen LogP contribution in [0.4, 0.5) is 0 Å². The average molecular weight is 362 g/mol. The molecular weight excluding hydrogens is 342 g/mol. The number of halogens is 1. The van der Waals surface area contributed by atoms with Gasteiger partial charge in [-0.25, -0.2) is 0 Å². The molecule has 1 aliphatic rings. The van der Waals surface area contributed by atoms with Gasteiger partial charge < -0.3 is 4.90 Å². The van der Waals surface area contributed by atoms with Crippen molar-refractivity contribution >= 4 is 27.9 Å². The minimum absolute atomic E-state index is 0.318. The van der Waals surface area contributed by atoms with Gasteiger partial charge in [0.2, 0.25) is 4.96 Å². The molecule has 1 saturated heterocycles. The molecule has 2 aromatic heterocycles. The molecule has 1 aliphatic heterocycles. The van der Waals surface area contributed by atoms with Crippen molar-refractivity contribution in [2.45, 2.75) is 32.1 Å². The summed E-state index contributed by atoms with van der Waals surface area (Å²) in [5.74, 6) is 1.27. The van der Waals surface area contributed by atoms with Crippen LogP contribution in [0.25, 0.3) is 15.5 Å². The van der Waals surface area contributed by atoms with Crippen molar-refractivity contribution in [3.8, 4) is 10.6 Å². The first-order chi connectivity index (χ1) is 11.7. The van der Waals surface area contributed by atoms with Crippen molar-refractivity contribution in [2.75, 3.05) is 19.6 Å². The number of aromatic nitrogens is 4. The topological polar surface area (TPSA) is 46.3 Å². The van der Waals surface area contributed by atoms with Gasteiger partial charge in [0.05, 0.1) is 0 Å². The number of hydrogen-bond donors (Lipinski definition) is 0. The molecule has 1 fully saturated rings. The van der Waals surface area contributed by atoms with Crippen molar-refractivity contribution < 1.29 is 0 Å². The first kappa shape index (κ1) is 16.0. The van der Waals surface area contributed by atoms with Gasteiger partial charge in [0.15, 0.2) is 5.82 Å². The molecular formula is C17H20ClN5S. The van der Waals surface area contributed by atoms with E-state index in [4.69, 9.17) is 16.7 Å². The Bertz CT molecular complexity index is 819. The second kappa shape index (κ2) is 6.78. The van der Waals surface area contributed by atoms with Crippen LogP contribution in [0, 0.1) is 0 Å². The van der Waals surface area contributed by atoms with Crippen LogP contribution in [0.1, 0.15) is 37.9 Å². The second-order valence-electron chi connectivity index (χ2n) is 6.43. The van der Waals surface area contributed by atoms with Gasteiger partial charge >= 0.3 is 0 Å². The van der Waals surface area contributed by atoms with Gasteiger partial charge in [-0.2, -0.15) is 9.61 Å². The van der Waals surface area contributed by atoms with Gasteiger partial charge in [0.1, 0.15) is 5.01 Å². The van der Waals surface area contributed by atoms with Crippen LogP contribution >= 0.6 is 22.9 Å². The average Bonchev–Trinajstić information content (AvgIpc) is 3.17. The zero-order chi connectivity index (χ0) is 16.5. The smallest absolute Gasteiger partial charge is 0.234 e. The first-order valence-corrected chi connectivity index (χ1v) is 9.60. The molecule has 1 atom stereocenters. The quantitative estimate of drug-likeness (QED) is 0.702. The molecule has 1 aromatic carbocycles. The van der Waals surface area contributed by atoms with Gasteiger partial charge in [-0.1, -0.05) is 48.4 Å². The van der Waals surface area contributed by atoms with E-state index in [1.54, 1.807) is 11.3 Å². The van der Waals surface area contributed by atoms with Gasteiger partial charge in [-0.3, -0.25) is 0 Å². The van der Waals surface area contributed by atoms with Gasteiger partial charge in [0.25, 0.3) is 0 Å². The van der Waals surface area contributed by atoms with Crippen molar-refractivity contribution in [1.29, 1.82) is 0 Å². The summed E-state index contributed by atoms with van der Waals surface area (Å²) in [6.45, 7) is 5.62. The number of nitrogens with zero attached hydrogens (tertiary/aromatic N) is 5. The molecule has 0 amide bonds. The Hall–Kier alpha value is -1.50. The van der Waals surface area contributed by atoms with E-state index < -0.39 is 0 Å². The standard InChI is InChI=1S/C17H20ClN5S/c1-12(11-22-9-3-2-4-10-22)15-19-20-17-23(15)21-16(24-17)13-5-7-14(18)8-6-13/h5-8,12H,2-4,9-11H2,1H3. The number of benzene rings is 1. The molecule has 0 N–H and O–H groups in total. The van der Waals surface area contributed by atoms with Crippen LogP contribution in [0.15, 0.2) is 24.3 Å². The molecule has 126 valence electrons. The Morgan fingerprint density at radius 2 is 1.88 bits per heavy atom. The minimum atomic E-state index is 0.318. The summed E-state index contributed by atoms with van der Waals surface area (Å²) in [7, 11) is 0. The van der Waals surface area contributed by atoms with Crippen molar-refractivity contribution in [3.05, 3.63) is 35.1 Å². The van der Waals surface area contributed by atoms with Crippen molar-refractivity contribution in [1.82, 2.24) is 24.7 Å². The molecule has 24 heavy (non-hydrogen) atoms. The van der Waals surface area contributed by atoms with Crippen LogP contribution in [0.3, 0.4) is 0 Å². The van der Waals surface area contributed by atoms with Gasteiger partial charge in [-0.15, -0.1) is 10.2 Å². The van der Waals surface area contributed by atoms with Crippen LogP contribution < -0.4 is 0 Å². The number of likely N-dealkylation sites (tertiary alicyclic amines) is 1. The summed E-state index contributed by atoms with van der Waals surface area (Å²) in [4.78, 5) is 3.38. The maximum atomic E-state index is 5.97. The van der Waals surface area contributed by atoms with Crippen molar-refractivity contribution in [2.24, 2.45) is 0 Å². The Kier molecular flexibility index (Phi) is 4.52. The molecule has 0 saturated carbocycles. The fourth-order valence-corrected chi connectivity index (χ4v) is 4.24.